The molecule has 0 heterocycles. The minimum absolute atomic E-state index is 0.310. The van der Waals surface area contributed by atoms with Crippen LogP contribution in [0.4, 0.5) is 0 Å². The SMILES string of the molecule is C[C@H](CC(=O)O)C(=O)O. The molecular weight excluding hydrogens is 124 g/mol. The zero-order chi connectivity index (χ0) is 7.44. The number of rotatable bonds is 3. The van der Waals surface area contributed by atoms with Crippen molar-refractivity contribution in [2.45, 2.75) is 13.3 Å². The second-order valence-electron chi connectivity index (χ2n) is 1.84. The molecule has 0 saturated carbocycles. The summed E-state index contributed by atoms with van der Waals surface area (Å²) in [5.41, 5.74) is 0. The average Bonchev–Trinajstić information content (AvgIpc) is 1.63. The van der Waals surface area contributed by atoms with Gasteiger partial charge in [0, 0.05) is 0 Å². The van der Waals surface area contributed by atoms with E-state index in [1.165, 1.54) is 6.92 Å². The molecule has 1 atom stereocenters. The van der Waals surface area contributed by atoms with E-state index in [9.17, 15) is 9.59 Å². The molecule has 4 nitrogen and oxygen atoms in total. The Kier molecular flexibility index (Phi) is 2.70. The predicted octanol–water partition coefficient (Wildman–Crippen LogP) is 0.182. The number of carboxylic acids is 2. The third-order valence-electron chi connectivity index (χ3n) is 0.902. The van der Waals surface area contributed by atoms with Crippen molar-refractivity contribution in [2.75, 3.05) is 0 Å². The number of hydrogen-bond acceptors (Lipinski definition) is 2. The molecule has 4 heteroatoms. The van der Waals surface area contributed by atoms with Gasteiger partial charge >= 0.3 is 11.9 Å². The average molecular weight is 132 g/mol. The minimum atomic E-state index is -1.08. The summed E-state index contributed by atoms with van der Waals surface area (Å²) >= 11 is 0. The van der Waals surface area contributed by atoms with Gasteiger partial charge in [0.25, 0.3) is 0 Å². The number of carboxylic acid groups (broad SMARTS) is 2. The molecule has 0 radical (unpaired) electrons. The Morgan fingerprint density at radius 2 is 1.89 bits per heavy atom. The number of hydrogen-bond donors (Lipinski definition) is 2. The van der Waals surface area contributed by atoms with Crippen LogP contribution in [-0.4, -0.2) is 22.2 Å². The van der Waals surface area contributed by atoms with Crippen molar-refractivity contribution in [3.8, 4) is 0 Å². The van der Waals surface area contributed by atoms with Crippen molar-refractivity contribution in [1.82, 2.24) is 0 Å². The van der Waals surface area contributed by atoms with Gasteiger partial charge in [-0.05, 0) is 0 Å². The standard InChI is InChI=1S/C5H8O4/c1-3(5(8)9)2-4(6)7/h3H,2H2,1H3,(H,6,7)(H,8,9)/t3-/m1/s1. The molecule has 0 unspecified atom stereocenters. The molecule has 9 heavy (non-hydrogen) atoms. The Labute approximate surface area is 52.1 Å². The lowest BCUT2D eigenvalue weighted by Gasteiger charge is -1.98. The summed E-state index contributed by atoms with van der Waals surface area (Å²) in [6, 6.07) is 0. The first-order valence-electron chi connectivity index (χ1n) is 2.48. The van der Waals surface area contributed by atoms with Gasteiger partial charge in [0.05, 0.1) is 12.3 Å². The van der Waals surface area contributed by atoms with Crippen LogP contribution in [0.3, 0.4) is 0 Å². The molecular formula is C5H8O4. The molecule has 0 rings (SSSR count). The first-order chi connectivity index (χ1) is 4.04. The Hall–Kier alpha value is -1.06. The van der Waals surface area contributed by atoms with Crippen LogP contribution in [0.15, 0.2) is 0 Å². The van der Waals surface area contributed by atoms with Crippen molar-refractivity contribution < 1.29 is 19.8 Å². The van der Waals surface area contributed by atoms with Crippen LogP contribution in [0.5, 0.6) is 0 Å². The Balaban J connectivity index is 3.63. The summed E-state index contributed by atoms with van der Waals surface area (Å²) < 4.78 is 0. The largest absolute Gasteiger partial charge is 0.481 e. The van der Waals surface area contributed by atoms with Crippen molar-refractivity contribution in [2.24, 2.45) is 5.92 Å². The van der Waals surface area contributed by atoms with Gasteiger partial charge in [-0.3, -0.25) is 9.59 Å². The molecule has 0 aromatic heterocycles. The molecule has 0 spiro atoms. The summed E-state index contributed by atoms with van der Waals surface area (Å²) in [5.74, 6) is -2.94. The van der Waals surface area contributed by atoms with Crippen LogP contribution >= 0.6 is 0 Å². The molecule has 0 aliphatic heterocycles. The molecule has 2 N–H and O–H groups in total. The summed E-state index contributed by atoms with van der Waals surface area (Å²) in [6.07, 6.45) is -0.310. The third-order valence-corrected chi connectivity index (χ3v) is 0.902. The summed E-state index contributed by atoms with van der Waals surface area (Å²) in [4.78, 5) is 19.8. The highest BCUT2D eigenvalue weighted by molar-refractivity contribution is 5.77. The van der Waals surface area contributed by atoms with Crippen molar-refractivity contribution in [3.63, 3.8) is 0 Å². The van der Waals surface area contributed by atoms with Gasteiger partial charge in [-0.15, -0.1) is 0 Å². The molecule has 0 aliphatic carbocycles. The zero-order valence-electron chi connectivity index (χ0n) is 5.00. The van der Waals surface area contributed by atoms with E-state index in [1.807, 2.05) is 0 Å². The highest BCUT2D eigenvalue weighted by Crippen LogP contribution is 1.99. The molecule has 0 fully saturated rings. The lowest BCUT2D eigenvalue weighted by atomic mass is 10.1. The topological polar surface area (TPSA) is 74.6 Å². The van der Waals surface area contributed by atoms with Gasteiger partial charge in [-0.2, -0.15) is 0 Å². The smallest absolute Gasteiger partial charge is 0.306 e. The zero-order valence-corrected chi connectivity index (χ0v) is 5.00. The predicted molar refractivity (Wildman–Crippen MR) is 29.1 cm³/mol. The van der Waals surface area contributed by atoms with Gasteiger partial charge in [-0.1, -0.05) is 6.92 Å². The first-order valence-corrected chi connectivity index (χ1v) is 2.48. The fraction of sp³-hybridized carbons (Fsp3) is 0.600. The van der Waals surface area contributed by atoms with Crippen LogP contribution < -0.4 is 0 Å². The third kappa shape index (κ3) is 3.52. The van der Waals surface area contributed by atoms with Gasteiger partial charge in [0.2, 0.25) is 0 Å². The molecule has 0 aliphatic rings. The first kappa shape index (κ1) is 7.94. The van der Waals surface area contributed by atoms with Gasteiger partial charge in [-0.25, -0.2) is 0 Å². The maximum atomic E-state index is 9.97. The van der Waals surface area contributed by atoms with Crippen LogP contribution in [0, 0.1) is 5.92 Å². The monoisotopic (exact) mass is 132 g/mol. The summed E-state index contributed by atoms with van der Waals surface area (Å²) in [6.45, 7) is 1.36. The minimum Gasteiger partial charge on any atom is -0.481 e. The van der Waals surface area contributed by atoms with E-state index < -0.39 is 17.9 Å². The maximum absolute atomic E-state index is 9.97. The fourth-order valence-electron chi connectivity index (χ4n) is 0.349. The van der Waals surface area contributed by atoms with Crippen molar-refractivity contribution in [1.29, 1.82) is 0 Å². The van der Waals surface area contributed by atoms with Gasteiger partial charge in [0.1, 0.15) is 0 Å². The van der Waals surface area contributed by atoms with Gasteiger partial charge in [0.15, 0.2) is 0 Å². The maximum Gasteiger partial charge on any atom is 0.306 e. The van der Waals surface area contributed by atoms with Crippen LogP contribution in [0.25, 0.3) is 0 Å². The van der Waals surface area contributed by atoms with E-state index in [-0.39, 0.29) is 6.42 Å². The van der Waals surface area contributed by atoms with E-state index in [0.29, 0.717) is 0 Å². The highest BCUT2D eigenvalue weighted by atomic mass is 16.4. The Morgan fingerprint density at radius 3 is 2.00 bits per heavy atom. The normalized spacial score (nSPS) is 12.6. The van der Waals surface area contributed by atoms with E-state index in [1.54, 1.807) is 0 Å². The van der Waals surface area contributed by atoms with E-state index in [0.717, 1.165) is 0 Å². The molecule has 52 valence electrons. The quantitative estimate of drug-likeness (QED) is 0.574. The Bertz CT molecular complexity index is 129. The van der Waals surface area contributed by atoms with Crippen LogP contribution in [-0.2, 0) is 9.59 Å². The molecule has 0 amide bonds. The lowest BCUT2D eigenvalue weighted by molar-refractivity contribution is -0.147. The Morgan fingerprint density at radius 1 is 1.44 bits per heavy atom. The van der Waals surface area contributed by atoms with Crippen LogP contribution in [0.1, 0.15) is 13.3 Å². The lowest BCUT2D eigenvalue weighted by Crippen LogP contribution is -2.13. The number of aliphatic carboxylic acids is 2. The van der Waals surface area contributed by atoms with Gasteiger partial charge < -0.3 is 10.2 Å². The molecule has 0 saturated heterocycles. The highest BCUT2D eigenvalue weighted by Gasteiger charge is 2.13. The second kappa shape index (κ2) is 3.06. The molecule has 0 aromatic rings. The van der Waals surface area contributed by atoms with Crippen molar-refractivity contribution in [3.05, 3.63) is 0 Å². The van der Waals surface area contributed by atoms with E-state index >= 15 is 0 Å². The molecule has 0 bridgehead atoms. The van der Waals surface area contributed by atoms with Crippen LogP contribution in [0.2, 0.25) is 0 Å². The second-order valence-corrected chi connectivity index (χ2v) is 1.84. The summed E-state index contributed by atoms with van der Waals surface area (Å²) in [5, 5.41) is 16.2. The van der Waals surface area contributed by atoms with E-state index in [4.69, 9.17) is 10.2 Å². The van der Waals surface area contributed by atoms with E-state index in [2.05, 4.69) is 0 Å². The van der Waals surface area contributed by atoms with Crippen molar-refractivity contribution >= 4 is 11.9 Å². The molecule has 0 aromatic carbocycles. The summed E-state index contributed by atoms with van der Waals surface area (Å²) in [7, 11) is 0. The number of carbonyl (C=O) groups is 2. The fourth-order valence-corrected chi connectivity index (χ4v) is 0.349.